The predicted molar refractivity (Wildman–Crippen MR) is 81.6 cm³/mol. The van der Waals surface area contributed by atoms with Crippen LogP contribution in [0.3, 0.4) is 0 Å². The lowest BCUT2D eigenvalue weighted by Crippen LogP contribution is -2.22. The van der Waals surface area contributed by atoms with Gasteiger partial charge in [0.2, 0.25) is 0 Å². The molecule has 0 bridgehead atoms. The Hall–Kier alpha value is -0.230. The average molecular weight is 393 g/mol. The van der Waals surface area contributed by atoms with Gasteiger partial charge in [0.1, 0.15) is 5.82 Å². The van der Waals surface area contributed by atoms with E-state index in [4.69, 9.17) is 0 Å². The second-order valence-corrected chi connectivity index (χ2v) is 6.35. The number of hydrogen-bond donors (Lipinski definition) is 1. The molecule has 0 saturated heterocycles. The lowest BCUT2D eigenvalue weighted by Gasteiger charge is -2.19. The van der Waals surface area contributed by atoms with Crippen LogP contribution in [0, 0.1) is 5.82 Å². The van der Waals surface area contributed by atoms with E-state index in [0.717, 1.165) is 21.1 Å². The maximum Gasteiger partial charge on any atom is 0.128 e. The van der Waals surface area contributed by atoms with Gasteiger partial charge in [-0.2, -0.15) is 11.3 Å². The van der Waals surface area contributed by atoms with Crippen molar-refractivity contribution in [1.82, 2.24) is 5.32 Å². The highest BCUT2D eigenvalue weighted by atomic mass is 79.9. The summed E-state index contributed by atoms with van der Waals surface area (Å²) < 4.78 is 15.9. The number of benzene rings is 1. The molecule has 18 heavy (non-hydrogen) atoms. The molecule has 0 aliphatic heterocycles. The smallest absolute Gasteiger partial charge is 0.128 e. The fraction of sp³-hybridized carbons (Fsp3) is 0.231. The van der Waals surface area contributed by atoms with Gasteiger partial charge in [0.15, 0.2) is 0 Å². The minimum atomic E-state index is -0.192. The maximum absolute atomic E-state index is 14.0. The van der Waals surface area contributed by atoms with E-state index in [1.54, 1.807) is 17.4 Å². The molecule has 0 radical (unpaired) electrons. The van der Waals surface area contributed by atoms with Gasteiger partial charge in [-0.15, -0.1) is 0 Å². The van der Waals surface area contributed by atoms with Crippen LogP contribution in [0.4, 0.5) is 4.39 Å². The van der Waals surface area contributed by atoms with E-state index in [-0.39, 0.29) is 11.9 Å². The Morgan fingerprint density at radius 1 is 1.28 bits per heavy atom. The van der Waals surface area contributed by atoms with Crippen molar-refractivity contribution < 1.29 is 4.39 Å². The van der Waals surface area contributed by atoms with Crippen molar-refractivity contribution in [3.63, 3.8) is 0 Å². The van der Waals surface area contributed by atoms with Gasteiger partial charge in [-0.3, -0.25) is 0 Å². The SMILES string of the molecule is CCNC(c1cc(Br)ccc1F)c1cscc1Br. The standard InChI is InChI=1S/C13H12Br2FNS/c1-2-17-13(10-6-18-7-11(10)15)9-5-8(14)3-4-12(9)16/h3-7,13,17H,2H2,1H3. The molecular weight excluding hydrogens is 381 g/mol. The Morgan fingerprint density at radius 2 is 2.06 bits per heavy atom. The number of halogens is 3. The summed E-state index contributed by atoms with van der Waals surface area (Å²) in [5.74, 6) is -0.192. The molecule has 0 amide bonds. The molecule has 0 saturated carbocycles. The summed E-state index contributed by atoms with van der Waals surface area (Å²) in [5, 5.41) is 7.37. The molecule has 2 rings (SSSR count). The Morgan fingerprint density at radius 3 is 2.67 bits per heavy atom. The molecule has 0 fully saturated rings. The largest absolute Gasteiger partial charge is 0.306 e. The number of thiophene rings is 1. The Bertz CT molecular complexity index is 542. The van der Waals surface area contributed by atoms with Gasteiger partial charge in [0.05, 0.1) is 6.04 Å². The lowest BCUT2D eigenvalue weighted by molar-refractivity contribution is 0.558. The first-order valence-corrected chi connectivity index (χ1v) is 8.06. The lowest BCUT2D eigenvalue weighted by atomic mass is 10.0. The summed E-state index contributed by atoms with van der Waals surface area (Å²) in [4.78, 5) is 0. The Labute approximate surface area is 127 Å². The molecule has 1 aromatic heterocycles. The van der Waals surface area contributed by atoms with Crippen molar-refractivity contribution >= 4 is 43.2 Å². The summed E-state index contributed by atoms with van der Waals surface area (Å²) >= 11 is 8.51. The molecule has 0 aliphatic rings. The molecule has 0 aliphatic carbocycles. The molecule has 96 valence electrons. The third-order valence-corrected chi connectivity index (χ3v) is 4.88. The summed E-state index contributed by atoms with van der Waals surface area (Å²) in [5.41, 5.74) is 1.73. The third-order valence-electron chi connectivity index (χ3n) is 2.63. The second kappa shape index (κ2) is 6.28. The molecule has 1 unspecified atom stereocenters. The molecule has 2 aromatic rings. The van der Waals surface area contributed by atoms with Gasteiger partial charge in [0.25, 0.3) is 0 Å². The highest BCUT2D eigenvalue weighted by Crippen LogP contribution is 2.33. The van der Waals surface area contributed by atoms with Crippen LogP contribution in [0.1, 0.15) is 24.1 Å². The van der Waals surface area contributed by atoms with E-state index in [2.05, 4.69) is 37.2 Å². The van der Waals surface area contributed by atoms with E-state index in [0.29, 0.717) is 5.56 Å². The monoisotopic (exact) mass is 391 g/mol. The van der Waals surface area contributed by atoms with Crippen molar-refractivity contribution in [1.29, 1.82) is 0 Å². The average Bonchev–Trinajstić information content (AvgIpc) is 2.76. The van der Waals surface area contributed by atoms with Gasteiger partial charge in [-0.25, -0.2) is 4.39 Å². The Kier molecular flexibility index (Phi) is 4.95. The van der Waals surface area contributed by atoms with Crippen LogP contribution in [0.15, 0.2) is 37.9 Å². The van der Waals surface area contributed by atoms with Gasteiger partial charge >= 0.3 is 0 Å². The number of nitrogens with one attached hydrogen (secondary N) is 1. The Balaban J connectivity index is 2.48. The molecule has 1 atom stereocenters. The van der Waals surface area contributed by atoms with Crippen LogP contribution in [-0.4, -0.2) is 6.54 Å². The molecule has 0 spiro atoms. The summed E-state index contributed by atoms with van der Waals surface area (Å²) in [6, 6.07) is 4.90. The van der Waals surface area contributed by atoms with Crippen LogP contribution in [0.5, 0.6) is 0 Å². The van der Waals surface area contributed by atoms with Crippen LogP contribution < -0.4 is 5.32 Å². The fourth-order valence-corrected chi connectivity index (χ4v) is 3.76. The zero-order valence-electron chi connectivity index (χ0n) is 9.71. The predicted octanol–water partition coefficient (Wildman–Crippen LogP) is 5.11. The van der Waals surface area contributed by atoms with E-state index in [1.165, 1.54) is 6.07 Å². The van der Waals surface area contributed by atoms with E-state index in [1.807, 2.05) is 23.8 Å². The molecule has 1 nitrogen and oxygen atoms in total. The molecular formula is C13H12Br2FNS. The first-order valence-electron chi connectivity index (χ1n) is 5.53. The molecule has 1 N–H and O–H groups in total. The zero-order chi connectivity index (χ0) is 13.1. The number of hydrogen-bond acceptors (Lipinski definition) is 2. The van der Waals surface area contributed by atoms with Crippen molar-refractivity contribution in [3.05, 3.63) is 54.8 Å². The van der Waals surface area contributed by atoms with Gasteiger partial charge in [-0.05, 0) is 51.6 Å². The van der Waals surface area contributed by atoms with Crippen LogP contribution >= 0.6 is 43.2 Å². The first-order chi connectivity index (χ1) is 8.63. The topological polar surface area (TPSA) is 12.0 Å². The summed E-state index contributed by atoms with van der Waals surface area (Å²) in [6.45, 7) is 2.79. The van der Waals surface area contributed by atoms with Gasteiger partial charge in [0, 0.05) is 19.9 Å². The third kappa shape index (κ3) is 3.02. The minimum absolute atomic E-state index is 0.131. The highest BCUT2D eigenvalue weighted by Gasteiger charge is 2.20. The quantitative estimate of drug-likeness (QED) is 0.762. The maximum atomic E-state index is 14.0. The second-order valence-electron chi connectivity index (χ2n) is 3.83. The summed E-state index contributed by atoms with van der Waals surface area (Å²) in [6.07, 6.45) is 0. The molecule has 1 heterocycles. The zero-order valence-corrected chi connectivity index (χ0v) is 13.7. The highest BCUT2D eigenvalue weighted by molar-refractivity contribution is 9.10. The van der Waals surface area contributed by atoms with Crippen molar-refractivity contribution in [2.45, 2.75) is 13.0 Å². The summed E-state index contributed by atoms with van der Waals surface area (Å²) in [7, 11) is 0. The number of rotatable bonds is 4. The van der Waals surface area contributed by atoms with Gasteiger partial charge in [-0.1, -0.05) is 22.9 Å². The normalized spacial score (nSPS) is 12.7. The van der Waals surface area contributed by atoms with Crippen molar-refractivity contribution in [2.24, 2.45) is 0 Å². The van der Waals surface area contributed by atoms with Crippen LogP contribution in [0.25, 0.3) is 0 Å². The van der Waals surface area contributed by atoms with E-state index >= 15 is 0 Å². The molecule has 5 heteroatoms. The van der Waals surface area contributed by atoms with E-state index < -0.39 is 0 Å². The van der Waals surface area contributed by atoms with Crippen LogP contribution in [0.2, 0.25) is 0 Å². The fourth-order valence-electron chi connectivity index (χ4n) is 1.82. The first kappa shape index (κ1) is 14.2. The van der Waals surface area contributed by atoms with Gasteiger partial charge < -0.3 is 5.32 Å². The minimum Gasteiger partial charge on any atom is -0.306 e. The van der Waals surface area contributed by atoms with Crippen molar-refractivity contribution in [2.75, 3.05) is 6.54 Å². The van der Waals surface area contributed by atoms with Crippen molar-refractivity contribution in [3.8, 4) is 0 Å². The molecule has 1 aromatic carbocycles. The van der Waals surface area contributed by atoms with E-state index in [9.17, 15) is 4.39 Å². The van der Waals surface area contributed by atoms with Crippen LogP contribution in [-0.2, 0) is 0 Å².